The molecule has 8 heteroatoms. The second-order valence-corrected chi connectivity index (χ2v) is 8.89. The third-order valence-electron chi connectivity index (χ3n) is 5.38. The Labute approximate surface area is 186 Å². The van der Waals surface area contributed by atoms with Crippen molar-refractivity contribution in [3.63, 3.8) is 0 Å². The fraction of sp³-hybridized carbons (Fsp3) is 0.375. The Balaban J connectivity index is 1.84. The summed E-state index contributed by atoms with van der Waals surface area (Å²) >= 11 is 0. The molecule has 1 aliphatic heterocycles. The first-order valence-electron chi connectivity index (χ1n) is 10.5. The summed E-state index contributed by atoms with van der Waals surface area (Å²) in [5.74, 6) is 0.0116. The number of carbonyl (C=O) groups excluding carboxylic acids is 1. The maximum atomic E-state index is 15.0. The first-order chi connectivity index (χ1) is 15.2. The Bertz CT molecular complexity index is 1140. The molecule has 0 N–H and O–H groups in total. The molecule has 1 aliphatic rings. The zero-order valence-electron chi connectivity index (χ0n) is 18.9. The Hall–Kier alpha value is -3.42. The summed E-state index contributed by atoms with van der Waals surface area (Å²) in [5.41, 5.74) is 2.74. The molecule has 3 heterocycles. The average molecular weight is 439 g/mol. The molecule has 32 heavy (non-hydrogen) atoms. The Morgan fingerprint density at radius 3 is 2.53 bits per heavy atom. The second kappa shape index (κ2) is 8.26. The molecule has 0 saturated heterocycles. The number of benzene rings is 1. The van der Waals surface area contributed by atoms with Crippen LogP contribution in [0.4, 0.5) is 9.18 Å². The van der Waals surface area contributed by atoms with Gasteiger partial charge in [-0.15, -0.1) is 0 Å². The maximum Gasteiger partial charge on any atom is 0.410 e. The largest absolute Gasteiger partial charge is 0.497 e. The molecule has 1 aromatic carbocycles. The van der Waals surface area contributed by atoms with Gasteiger partial charge in [-0.3, -0.25) is 14.6 Å². The SMILES string of the molecule is COc1ccc(-c2nn3c(c2-c2ccncc2)CN(C(=O)OC(C)(C)C)C(C)C3)c(F)c1. The minimum atomic E-state index is -0.597. The number of pyridine rings is 1. The van der Waals surface area contributed by atoms with Crippen molar-refractivity contribution in [3.05, 3.63) is 54.2 Å². The van der Waals surface area contributed by atoms with E-state index in [0.717, 1.165) is 16.8 Å². The minimum Gasteiger partial charge on any atom is -0.497 e. The molecule has 4 rings (SSSR count). The quantitative estimate of drug-likeness (QED) is 0.582. The predicted molar refractivity (Wildman–Crippen MR) is 119 cm³/mol. The van der Waals surface area contributed by atoms with Crippen molar-refractivity contribution in [1.29, 1.82) is 0 Å². The van der Waals surface area contributed by atoms with Crippen LogP contribution in [0.2, 0.25) is 0 Å². The van der Waals surface area contributed by atoms with Crippen LogP contribution in [0.3, 0.4) is 0 Å². The number of fused-ring (bicyclic) bond motifs is 1. The van der Waals surface area contributed by atoms with Gasteiger partial charge in [0.15, 0.2) is 0 Å². The van der Waals surface area contributed by atoms with Crippen molar-refractivity contribution >= 4 is 6.09 Å². The highest BCUT2D eigenvalue weighted by Gasteiger charge is 2.34. The van der Waals surface area contributed by atoms with Gasteiger partial charge in [0.2, 0.25) is 0 Å². The summed E-state index contributed by atoms with van der Waals surface area (Å²) in [4.78, 5) is 18.7. The van der Waals surface area contributed by atoms with Crippen molar-refractivity contribution in [2.45, 2.75) is 52.4 Å². The highest BCUT2D eigenvalue weighted by Crippen LogP contribution is 2.39. The summed E-state index contributed by atoms with van der Waals surface area (Å²) < 4.78 is 27.6. The first kappa shape index (κ1) is 21.8. The van der Waals surface area contributed by atoms with Crippen molar-refractivity contribution in [1.82, 2.24) is 19.7 Å². The summed E-state index contributed by atoms with van der Waals surface area (Å²) in [6, 6.07) is 8.32. The number of aromatic nitrogens is 3. The average Bonchev–Trinajstić information content (AvgIpc) is 3.10. The lowest BCUT2D eigenvalue weighted by molar-refractivity contribution is 0.00914. The van der Waals surface area contributed by atoms with E-state index < -0.39 is 11.4 Å². The van der Waals surface area contributed by atoms with Gasteiger partial charge in [0.05, 0.1) is 31.9 Å². The van der Waals surface area contributed by atoms with E-state index in [9.17, 15) is 4.79 Å². The third kappa shape index (κ3) is 4.17. The van der Waals surface area contributed by atoms with Gasteiger partial charge >= 0.3 is 6.09 Å². The Morgan fingerprint density at radius 2 is 1.91 bits per heavy atom. The molecule has 3 aromatic rings. The molecule has 0 fully saturated rings. The fourth-order valence-corrected chi connectivity index (χ4v) is 3.86. The Kier molecular flexibility index (Phi) is 5.62. The molecule has 1 atom stereocenters. The van der Waals surface area contributed by atoms with Gasteiger partial charge in [0.25, 0.3) is 0 Å². The lowest BCUT2D eigenvalue weighted by Gasteiger charge is -2.35. The van der Waals surface area contributed by atoms with E-state index in [1.165, 1.54) is 13.2 Å². The van der Waals surface area contributed by atoms with Crippen LogP contribution in [-0.2, 0) is 17.8 Å². The predicted octanol–water partition coefficient (Wildman–Crippen LogP) is 4.90. The molecule has 0 bridgehead atoms. The lowest BCUT2D eigenvalue weighted by Crippen LogP contribution is -2.47. The summed E-state index contributed by atoms with van der Waals surface area (Å²) in [7, 11) is 1.50. The number of amides is 1. The van der Waals surface area contributed by atoms with Gasteiger partial charge < -0.3 is 9.47 Å². The standard InChI is InChI=1S/C24H27FN4O3/c1-15-13-29-20(14-28(15)23(30)32-24(2,3)4)21(16-8-10-26-11-9-16)22(27-29)18-7-6-17(31-5)12-19(18)25/h6-12,15H,13-14H2,1-5H3. The first-order valence-corrected chi connectivity index (χ1v) is 10.5. The van der Waals surface area contributed by atoms with E-state index in [2.05, 4.69) is 4.98 Å². The van der Waals surface area contributed by atoms with Crippen molar-refractivity contribution in [3.8, 4) is 28.1 Å². The molecule has 2 aromatic heterocycles. The number of methoxy groups -OCH3 is 1. The normalized spacial score (nSPS) is 15.9. The van der Waals surface area contributed by atoms with E-state index in [0.29, 0.717) is 30.1 Å². The molecule has 1 unspecified atom stereocenters. The Morgan fingerprint density at radius 1 is 1.19 bits per heavy atom. The highest BCUT2D eigenvalue weighted by atomic mass is 19.1. The van der Waals surface area contributed by atoms with Gasteiger partial charge in [0.1, 0.15) is 22.9 Å². The minimum absolute atomic E-state index is 0.129. The van der Waals surface area contributed by atoms with E-state index >= 15 is 4.39 Å². The van der Waals surface area contributed by atoms with Gasteiger partial charge in [0, 0.05) is 29.6 Å². The monoisotopic (exact) mass is 438 g/mol. The summed E-state index contributed by atoms with van der Waals surface area (Å²) in [5, 5.41) is 4.77. The lowest BCUT2D eigenvalue weighted by atomic mass is 9.98. The smallest absolute Gasteiger partial charge is 0.410 e. The molecular weight excluding hydrogens is 411 g/mol. The molecule has 7 nitrogen and oxygen atoms in total. The molecule has 0 aliphatic carbocycles. The van der Waals surface area contributed by atoms with Crippen molar-refractivity contribution < 1.29 is 18.7 Å². The molecule has 1 amide bonds. The van der Waals surface area contributed by atoms with Crippen molar-refractivity contribution in [2.24, 2.45) is 0 Å². The number of hydrogen-bond acceptors (Lipinski definition) is 5. The van der Waals surface area contributed by atoms with Gasteiger partial charge in [-0.25, -0.2) is 9.18 Å². The molecule has 168 valence electrons. The number of carbonyl (C=O) groups is 1. The summed E-state index contributed by atoms with van der Waals surface area (Å²) in [6.45, 7) is 8.27. The fourth-order valence-electron chi connectivity index (χ4n) is 3.86. The van der Waals surface area contributed by atoms with Crippen LogP contribution in [0, 0.1) is 5.82 Å². The van der Waals surface area contributed by atoms with Crippen LogP contribution in [-0.4, -0.2) is 44.5 Å². The van der Waals surface area contributed by atoms with Gasteiger partial charge in [-0.05, 0) is 57.5 Å². The highest BCUT2D eigenvalue weighted by molar-refractivity contribution is 5.83. The van der Waals surface area contributed by atoms with E-state index in [1.54, 1.807) is 29.4 Å². The van der Waals surface area contributed by atoms with Gasteiger partial charge in [-0.2, -0.15) is 5.10 Å². The zero-order valence-corrected chi connectivity index (χ0v) is 18.9. The van der Waals surface area contributed by atoms with E-state index in [1.807, 2.05) is 44.5 Å². The van der Waals surface area contributed by atoms with E-state index in [-0.39, 0.29) is 12.1 Å². The van der Waals surface area contributed by atoms with Crippen LogP contribution in [0.25, 0.3) is 22.4 Å². The molecular formula is C24H27FN4O3. The molecule has 0 saturated carbocycles. The van der Waals surface area contributed by atoms with Crippen LogP contribution in [0.1, 0.15) is 33.4 Å². The topological polar surface area (TPSA) is 69.5 Å². The maximum absolute atomic E-state index is 15.0. The van der Waals surface area contributed by atoms with Crippen LogP contribution in [0.5, 0.6) is 5.75 Å². The number of nitrogens with zero attached hydrogens (tertiary/aromatic N) is 4. The molecule has 0 spiro atoms. The van der Waals surface area contributed by atoms with Gasteiger partial charge in [-0.1, -0.05) is 0 Å². The summed E-state index contributed by atoms with van der Waals surface area (Å²) in [6.07, 6.45) is 2.99. The molecule has 0 radical (unpaired) electrons. The number of hydrogen-bond donors (Lipinski definition) is 0. The number of rotatable bonds is 3. The van der Waals surface area contributed by atoms with Crippen LogP contribution < -0.4 is 4.74 Å². The van der Waals surface area contributed by atoms with Crippen LogP contribution in [0.15, 0.2) is 42.7 Å². The number of halogens is 1. The van der Waals surface area contributed by atoms with E-state index in [4.69, 9.17) is 14.6 Å². The van der Waals surface area contributed by atoms with Crippen LogP contribution >= 0.6 is 0 Å². The second-order valence-electron chi connectivity index (χ2n) is 8.89. The zero-order chi connectivity index (χ0) is 23.0. The third-order valence-corrected chi connectivity index (χ3v) is 5.38. The number of ether oxygens (including phenoxy) is 2. The van der Waals surface area contributed by atoms with Crippen molar-refractivity contribution in [2.75, 3.05) is 7.11 Å².